The third-order valence-corrected chi connectivity index (χ3v) is 4.28. The summed E-state index contributed by atoms with van der Waals surface area (Å²) in [6.07, 6.45) is 0. The van der Waals surface area contributed by atoms with Crippen molar-refractivity contribution in [1.29, 1.82) is 0 Å². The summed E-state index contributed by atoms with van der Waals surface area (Å²) in [7, 11) is 0. The van der Waals surface area contributed by atoms with Crippen molar-refractivity contribution < 1.29 is 0 Å². The largest absolute Gasteiger partial charge is 0.315 e. The average molecular weight is 280 g/mol. The Labute approximate surface area is 123 Å². The Kier molecular flexibility index (Phi) is 8.97. The summed E-state index contributed by atoms with van der Waals surface area (Å²) in [5.41, 5.74) is 1.42. The Bertz CT molecular complexity index is 314. The Balaban J connectivity index is 1.97. The van der Waals surface area contributed by atoms with Gasteiger partial charge in [-0.05, 0) is 26.0 Å². The van der Waals surface area contributed by atoms with Crippen LogP contribution in [0.3, 0.4) is 0 Å². The van der Waals surface area contributed by atoms with Crippen LogP contribution >= 0.6 is 11.8 Å². The summed E-state index contributed by atoms with van der Waals surface area (Å²) in [4.78, 5) is 2.49. The number of nitrogens with zero attached hydrogens (tertiary/aromatic N) is 1. The molecular weight excluding hydrogens is 252 g/mol. The molecule has 0 aliphatic carbocycles. The topological polar surface area (TPSA) is 15.3 Å². The number of rotatable bonds is 10. The van der Waals surface area contributed by atoms with Crippen LogP contribution in [-0.2, 0) is 5.75 Å². The molecule has 0 amide bonds. The summed E-state index contributed by atoms with van der Waals surface area (Å²) in [6.45, 7) is 11.2. The zero-order chi connectivity index (χ0) is 13.9. The smallest absolute Gasteiger partial charge is 0.0185 e. The van der Waals surface area contributed by atoms with E-state index in [4.69, 9.17) is 0 Å². The molecule has 1 N–H and O–H groups in total. The summed E-state index contributed by atoms with van der Waals surface area (Å²) in [5, 5.41) is 3.53. The standard InChI is InChI=1S/C16H28N2S/c1-4-18(15(2)3)12-10-17-11-13-19-14-16-8-6-5-7-9-16/h5-9,15,17H,4,10-14H2,1-3H3. The van der Waals surface area contributed by atoms with E-state index < -0.39 is 0 Å². The lowest BCUT2D eigenvalue weighted by molar-refractivity contribution is 0.234. The van der Waals surface area contributed by atoms with Gasteiger partial charge in [0.25, 0.3) is 0 Å². The molecular formula is C16H28N2S. The van der Waals surface area contributed by atoms with Crippen molar-refractivity contribution in [3.8, 4) is 0 Å². The van der Waals surface area contributed by atoms with Gasteiger partial charge >= 0.3 is 0 Å². The van der Waals surface area contributed by atoms with Crippen LogP contribution in [0.4, 0.5) is 0 Å². The Morgan fingerprint density at radius 3 is 2.53 bits per heavy atom. The van der Waals surface area contributed by atoms with Gasteiger partial charge in [0.05, 0.1) is 0 Å². The number of hydrogen-bond donors (Lipinski definition) is 1. The normalized spacial score (nSPS) is 11.4. The van der Waals surface area contributed by atoms with Gasteiger partial charge in [0, 0.05) is 37.2 Å². The maximum atomic E-state index is 3.53. The molecule has 0 spiro atoms. The van der Waals surface area contributed by atoms with Crippen LogP contribution in [-0.4, -0.2) is 42.9 Å². The minimum absolute atomic E-state index is 0.652. The summed E-state index contributed by atoms with van der Waals surface area (Å²) in [5.74, 6) is 2.30. The summed E-state index contributed by atoms with van der Waals surface area (Å²) >= 11 is 2.00. The van der Waals surface area contributed by atoms with Crippen LogP contribution in [0.1, 0.15) is 26.3 Å². The monoisotopic (exact) mass is 280 g/mol. The van der Waals surface area contributed by atoms with Gasteiger partial charge in [0.1, 0.15) is 0 Å². The molecule has 1 aromatic rings. The van der Waals surface area contributed by atoms with Crippen molar-refractivity contribution in [2.75, 3.05) is 31.9 Å². The molecule has 1 aromatic carbocycles. The first-order valence-corrected chi connectivity index (χ1v) is 8.46. The first-order valence-electron chi connectivity index (χ1n) is 7.30. The van der Waals surface area contributed by atoms with Crippen LogP contribution in [0, 0.1) is 0 Å². The fourth-order valence-electron chi connectivity index (χ4n) is 2.04. The number of benzene rings is 1. The molecule has 0 saturated heterocycles. The van der Waals surface area contributed by atoms with Gasteiger partial charge in [-0.3, -0.25) is 4.90 Å². The molecule has 0 aliphatic rings. The van der Waals surface area contributed by atoms with E-state index in [0.717, 1.165) is 31.9 Å². The highest BCUT2D eigenvalue weighted by atomic mass is 32.2. The van der Waals surface area contributed by atoms with Crippen molar-refractivity contribution in [1.82, 2.24) is 10.2 Å². The molecule has 0 radical (unpaired) electrons. The van der Waals surface area contributed by atoms with Crippen LogP contribution < -0.4 is 5.32 Å². The summed E-state index contributed by atoms with van der Waals surface area (Å²) < 4.78 is 0. The van der Waals surface area contributed by atoms with Crippen LogP contribution in [0.2, 0.25) is 0 Å². The van der Waals surface area contributed by atoms with E-state index >= 15 is 0 Å². The first-order chi connectivity index (χ1) is 9.24. The molecule has 19 heavy (non-hydrogen) atoms. The number of thioether (sulfide) groups is 1. The molecule has 0 aromatic heterocycles. The van der Waals surface area contributed by atoms with Gasteiger partial charge < -0.3 is 5.32 Å². The van der Waals surface area contributed by atoms with Crippen molar-refractivity contribution >= 4 is 11.8 Å². The number of nitrogens with one attached hydrogen (secondary N) is 1. The Morgan fingerprint density at radius 2 is 1.89 bits per heavy atom. The fraction of sp³-hybridized carbons (Fsp3) is 0.625. The highest BCUT2D eigenvalue weighted by Crippen LogP contribution is 2.10. The van der Waals surface area contributed by atoms with E-state index in [-0.39, 0.29) is 0 Å². The lowest BCUT2D eigenvalue weighted by Gasteiger charge is -2.24. The second-order valence-electron chi connectivity index (χ2n) is 5.01. The first kappa shape index (κ1) is 16.5. The molecule has 2 nitrogen and oxygen atoms in total. The van der Waals surface area contributed by atoms with E-state index in [9.17, 15) is 0 Å². The zero-order valence-electron chi connectivity index (χ0n) is 12.6. The Morgan fingerprint density at radius 1 is 1.16 bits per heavy atom. The van der Waals surface area contributed by atoms with Crippen molar-refractivity contribution in [2.24, 2.45) is 0 Å². The van der Waals surface area contributed by atoms with E-state index in [0.29, 0.717) is 6.04 Å². The van der Waals surface area contributed by atoms with Crippen LogP contribution in [0.5, 0.6) is 0 Å². The maximum Gasteiger partial charge on any atom is 0.0185 e. The van der Waals surface area contributed by atoms with Crippen LogP contribution in [0.15, 0.2) is 30.3 Å². The molecule has 0 atom stereocenters. The van der Waals surface area contributed by atoms with Crippen molar-refractivity contribution in [2.45, 2.75) is 32.6 Å². The Hall–Kier alpha value is -0.510. The number of likely N-dealkylation sites (N-methyl/N-ethyl adjacent to an activating group) is 1. The predicted molar refractivity (Wildman–Crippen MR) is 87.9 cm³/mol. The second kappa shape index (κ2) is 10.3. The van der Waals surface area contributed by atoms with Crippen molar-refractivity contribution in [3.63, 3.8) is 0 Å². The molecule has 0 unspecified atom stereocenters. The molecule has 3 heteroatoms. The molecule has 1 rings (SSSR count). The zero-order valence-corrected chi connectivity index (χ0v) is 13.4. The highest BCUT2D eigenvalue weighted by Gasteiger charge is 2.04. The predicted octanol–water partition coefficient (Wildman–Crippen LogP) is 3.24. The summed E-state index contributed by atoms with van der Waals surface area (Å²) in [6, 6.07) is 11.3. The molecule has 0 saturated carbocycles. The second-order valence-corrected chi connectivity index (χ2v) is 6.12. The van der Waals surface area contributed by atoms with Gasteiger partial charge in [-0.1, -0.05) is 37.3 Å². The van der Waals surface area contributed by atoms with Gasteiger partial charge in [-0.2, -0.15) is 11.8 Å². The van der Waals surface area contributed by atoms with E-state index in [2.05, 4.69) is 61.3 Å². The molecule has 108 valence electrons. The van der Waals surface area contributed by atoms with E-state index in [1.165, 1.54) is 11.3 Å². The minimum atomic E-state index is 0.652. The van der Waals surface area contributed by atoms with Gasteiger partial charge in [0.2, 0.25) is 0 Å². The molecule has 0 aliphatic heterocycles. The lowest BCUT2D eigenvalue weighted by atomic mass is 10.2. The van der Waals surface area contributed by atoms with Gasteiger partial charge in [-0.15, -0.1) is 0 Å². The van der Waals surface area contributed by atoms with Crippen LogP contribution in [0.25, 0.3) is 0 Å². The molecule has 0 bridgehead atoms. The lowest BCUT2D eigenvalue weighted by Crippen LogP contribution is -2.37. The highest BCUT2D eigenvalue weighted by molar-refractivity contribution is 7.98. The third-order valence-electron chi connectivity index (χ3n) is 3.25. The van der Waals surface area contributed by atoms with Crippen molar-refractivity contribution in [3.05, 3.63) is 35.9 Å². The quantitative estimate of drug-likeness (QED) is 0.662. The maximum absolute atomic E-state index is 3.53. The van der Waals surface area contributed by atoms with E-state index in [1.807, 2.05) is 11.8 Å². The number of hydrogen-bond acceptors (Lipinski definition) is 3. The fourth-order valence-corrected chi connectivity index (χ4v) is 2.90. The minimum Gasteiger partial charge on any atom is -0.315 e. The van der Waals surface area contributed by atoms with Gasteiger partial charge in [0.15, 0.2) is 0 Å². The average Bonchev–Trinajstić information content (AvgIpc) is 2.42. The SMILES string of the molecule is CCN(CCNCCSCc1ccccc1)C(C)C. The van der Waals surface area contributed by atoms with Gasteiger partial charge in [-0.25, -0.2) is 0 Å². The molecule has 0 fully saturated rings. The third kappa shape index (κ3) is 7.61. The molecule has 0 heterocycles. The van der Waals surface area contributed by atoms with E-state index in [1.54, 1.807) is 0 Å².